The molecule has 1 aliphatic rings. The zero-order valence-electron chi connectivity index (χ0n) is 18.8. The van der Waals surface area contributed by atoms with Crippen LogP contribution in [0, 0.1) is 11.6 Å². The van der Waals surface area contributed by atoms with Crippen LogP contribution in [-0.2, 0) is 11.2 Å². The number of rotatable bonds is 6. The molecule has 1 aliphatic carbocycles. The summed E-state index contributed by atoms with van der Waals surface area (Å²) in [6, 6.07) is 3.81. The minimum atomic E-state index is -0.505. The smallest absolute Gasteiger partial charge is 0.407 e. The average molecular weight is 552 g/mol. The number of hydrogen-bond acceptors (Lipinski definition) is 3. The van der Waals surface area contributed by atoms with Gasteiger partial charge in [0.25, 0.3) is 0 Å². The van der Waals surface area contributed by atoms with Crippen LogP contribution in [0.2, 0.25) is 0 Å². The maximum atomic E-state index is 13.7. The van der Waals surface area contributed by atoms with E-state index < -0.39 is 17.2 Å². The molecule has 6 nitrogen and oxygen atoms in total. The number of carbonyl (C=O) groups is 1. The van der Waals surface area contributed by atoms with E-state index in [1.54, 1.807) is 0 Å². The van der Waals surface area contributed by atoms with Crippen molar-refractivity contribution in [2.45, 2.75) is 77.5 Å². The third kappa shape index (κ3) is 10.5. The summed E-state index contributed by atoms with van der Waals surface area (Å²) in [5.41, 5.74) is -0.183. The van der Waals surface area contributed by atoms with E-state index in [1.165, 1.54) is 6.07 Å². The highest BCUT2D eigenvalue weighted by Crippen LogP contribution is 2.19. The van der Waals surface area contributed by atoms with Gasteiger partial charge in [0, 0.05) is 25.2 Å². The van der Waals surface area contributed by atoms with Crippen LogP contribution in [0.15, 0.2) is 23.2 Å². The molecule has 1 saturated carbocycles. The number of halogens is 3. The van der Waals surface area contributed by atoms with E-state index in [0.717, 1.165) is 37.8 Å². The predicted molar refractivity (Wildman–Crippen MR) is 130 cm³/mol. The number of ether oxygens (including phenoxy) is 1. The molecule has 1 aromatic carbocycles. The summed E-state index contributed by atoms with van der Waals surface area (Å²) >= 11 is 0. The largest absolute Gasteiger partial charge is 0.444 e. The van der Waals surface area contributed by atoms with Gasteiger partial charge in [-0.3, -0.25) is 4.99 Å². The van der Waals surface area contributed by atoms with Gasteiger partial charge in [-0.25, -0.2) is 13.6 Å². The number of nitrogens with one attached hydrogen (secondary N) is 3. The van der Waals surface area contributed by atoms with Crippen LogP contribution < -0.4 is 16.0 Å². The lowest BCUT2D eigenvalue weighted by atomic mass is 9.91. The van der Waals surface area contributed by atoms with E-state index >= 15 is 0 Å². The van der Waals surface area contributed by atoms with Crippen LogP contribution >= 0.6 is 24.0 Å². The van der Waals surface area contributed by atoms with Crippen LogP contribution in [0.4, 0.5) is 13.6 Å². The number of amides is 1. The normalized spacial score (nSPS) is 19.2. The molecule has 31 heavy (non-hydrogen) atoms. The van der Waals surface area contributed by atoms with Crippen LogP contribution in [0.5, 0.6) is 0 Å². The standard InChI is InChI=1S/C22H34F2N4O2.HI/c1-5-25-20(26-13-12-15-14-16(23)6-11-19(15)24)27-17-7-9-18(10-8-17)28-21(29)30-22(2,3)4;/h6,11,14,17-18H,5,7-10,12-13H2,1-4H3,(H,28,29)(H2,25,26,27);1H. The molecule has 1 fully saturated rings. The second kappa shape index (κ2) is 13.0. The Bertz CT molecular complexity index is 733. The van der Waals surface area contributed by atoms with Crippen molar-refractivity contribution >= 4 is 36.0 Å². The fraction of sp³-hybridized carbons (Fsp3) is 0.636. The summed E-state index contributed by atoms with van der Waals surface area (Å²) in [5.74, 6) is -0.199. The zero-order chi connectivity index (χ0) is 22.1. The summed E-state index contributed by atoms with van der Waals surface area (Å²) in [5, 5.41) is 9.54. The van der Waals surface area contributed by atoms with Crippen molar-refractivity contribution in [1.82, 2.24) is 16.0 Å². The van der Waals surface area contributed by atoms with E-state index in [-0.39, 0.29) is 42.2 Å². The van der Waals surface area contributed by atoms with Gasteiger partial charge in [0.2, 0.25) is 0 Å². The fourth-order valence-electron chi connectivity index (χ4n) is 3.39. The van der Waals surface area contributed by atoms with Crippen molar-refractivity contribution in [3.05, 3.63) is 35.4 Å². The Morgan fingerprint density at radius 2 is 1.74 bits per heavy atom. The monoisotopic (exact) mass is 552 g/mol. The highest BCUT2D eigenvalue weighted by Gasteiger charge is 2.25. The quantitative estimate of drug-likeness (QED) is 0.276. The molecule has 0 saturated heterocycles. The lowest BCUT2D eigenvalue weighted by Gasteiger charge is -2.31. The van der Waals surface area contributed by atoms with Crippen molar-refractivity contribution in [2.75, 3.05) is 13.1 Å². The van der Waals surface area contributed by atoms with Gasteiger partial charge in [-0.2, -0.15) is 0 Å². The molecular weight excluding hydrogens is 517 g/mol. The summed E-state index contributed by atoms with van der Waals surface area (Å²) in [4.78, 5) is 16.4. The summed E-state index contributed by atoms with van der Waals surface area (Å²) < 4.78 is 32.4. The van der Waals surface area contributed by atoms with Gasteiger partial charge in [0.1, 0.15) is 17.2 Å². The molecule has 1 amide bonds. The Morgan fingerprint density at radius 3 is 2.32 bits per heavy atom. The van der Waals surface area contributed by atoms with Gasteiger partial charge < -0.3 is 20.7 Å². The minimum absolute atomic E-state index is 0. The van der Waals surface area contributed by atoms with Gasteiger partial charge in [0.05, 0.1) is 0 Å². The predicted octanol–water partition coefficient (Wildman–Crippen LogP) is 4.52. The molecule has 176 valence electrons. The second-order valence-corrected chi connectivity index (χ2v) is 8.59. The molecule has 0 unspecified atom stereocenters. The maximum absolute atomic E-state index is 13.7. The van der Waals surface area contributed by atoms with Crippen molar-refractivity contribution in [1.29, 1.82) is 0 Å². The SMILES string of the molecule is CCNC(=NCCc1cc(F)ccc1F)NC1CCC(NC(=O)OC(C)(C)C)CC1.I. The van der Waals surface area contributed by atoms with Crippen LogP contribution in [0.25, 0.3) is 0 Å². The van der Waals surface area contributed by atoms with E-state index in [9.17, 15) is 13.6 Å². The Morgan fingerprint density at radius 1 is 1.13 bits per heavy atom. The van der Waals surface area contributed by atoms with Crippen molar-refractivity contribution < 1.29 is 18.3 Å². The van der Waals surface area contributed by atoms with Gasteiger partial charge >= 0.3 is 6.09 Å². The first kappa shape index (κ1) is 27.4. The molecule has 0 atom stereocenters. The number of carbonyl (C=O) groups excluding carboxylic acids is 1. The summed E-state index contributed by atoms with van der Waals surface area (Å²) in [7, 11) is 0. The van der Waals surface area contributed by atoms with Crippen molar-refractivity contribution in [2.24, 2.45) is 4.99 Å². The molecule has 3 N–H and O–H groups in total. The van der Waals surface area contributed by atoms with Crippen molar-refractivity contribution in [3.63, 3.8) is 0 Å². The number of nitrogens with zero attached hydrogens (tertiary/aromatic N) is 1. The number of guanidine groups is 1. The van der Waals surface area contributed by atoms with Crippen LogP contribution in [0.3, 0.4) is 0 Å². The Hall–Kier alpha value is -1.65. The van der Waals surface area contributed by atoms with E-state index in [4.69, 9.17) is 4.74 Å². The average Bonchev–Trinajstić information content (AvgIpc) is 2.64. The minimum Gasteiger partial charge on any atom is -0.444 e. The summed E-state index contributed by atoms with van der Waals surface area (Å²) in [6.07, 6.45) is 3.44. The van der Waals surface area contributed by atoms with Crippen LogP contribution in [0.1, 0.15) is 58.9 Å². The van der Waals surface area contributed by atoms with E-state index in [0.29, 0.717) is 31.0 Å². The Balaban J connectivity index is 0.00000480. The molecule has 0 radical (unpaired) electrons. The summed E-state index contributed by atoms with van der Waals surface area (Å²) in [6.45, 7) is 8.57. The second-order valence-electron chi connectivity index (χ2n) is 8.59. The highest BCUT2D eigenvalue weighted by molar-refractivity contribution is 14.0. The van der Waals surface area contributed by atoms with Gasteiger partial charge in [-0.1, -0.05) is 0 Å². The first-order valence-corrected chi connectivity index (χ1v) is 10.6. The van der Waals surface area contributed by atoms with Gasteiger partial charge in [-0.05, 0) is 83.6 Å². The molecule has 9 heteroatoms. The number of alkyl carbamates (subject to hydrolysis) is 1. The maximum Gasteiger partial charge on any atom is 0.407 e. The van der Waals surface area contributed by atoms with Gasteiger partial charge in [-0.15, -0.1) is 24.0 Å². The molecule has 0 aliphatic heterocycles. The highest BCUT2D eigenvalue weighted by atomic mass is 127. The van der Waals surface area contributed by atoms with Crippen molar-refractivity contribution in [3.8, 4) is 0 Å². The molecule has 1 aromatic rings. The number of hydrogen-bond donors (Lipinski definition) is 3. The topological polar surface area (TPSA) is 74.8 Å². The first-order valence-electron chi connectivity index (χ1n) is 10.6. The van der Waals surface area contributed by atoms with E-state index in [1.807, 2.05) is 27.7 Å². The molecule has 0 aromatic heterocycles. The van der Waals surface area contributed by atoms with E-state index in [2.05, 4.69) is 20.9 Å². The zero-order valence-corrected chi connectivity index (χ0v) is 21.1. The van der Waals surface area contributed by atoms with Crippen LogP contribution in [-0.4, -0.2) is 42.8 Å². The number of benzene rings is 1. The molecular formula is C22H35F2IN4O2. The molecule has 0 bridgehead atoms. The third-order valence-electron chi connectivity index (χ3n) is 4.79. The molecule has 0 spiro atoms. The third-order valence-corrected chi connectivity index (χ3v) is 4.79. The van der Waals surface area contributed by atoms with Gasteiger partial charge in [0.15, 0.2) is 5.96 Å². The Labute approximate surface area is 201 Å². The lowest BCUT2D eigenvalue weighted by molar-refractivity contribution is 0.0490. The fourth-order valence-corrected chi connectivity index (χ4v) is 3.39. The first-order chi connectivity index (χ1) is 14.2. The molecule has 2 rings (SSSR count). The number of aliphatic imine (C=N–C) groups is 1. The lowest BCUT2D eigenvalue weighted by Crippen LogP contribution is -2.48. The molecule has 0 heterocycles. The Kier molecular flexibility index (Phi) is 11.5.